The van der Waals surface area contributed by atoms with Gasteiger partial charge in [-0.25, -0.2) is 0 Å². The Bertz CT molecular complexity index is 430. The molecule has 0 spiro atoms. The molecule has 0 radical (unpaired) electrons. The van der Waals surface area contributed by atoms with Crippen LogP contribution >= 0.6 is 0 Å². The maximum atomic E-state index is 11.4. The van der Waals surface area contributed by atoms with Gasteiger partial charge in [0.15, 0.2) is 0 Å². The summed E-state index contributed by atoms with van der Waals surface area (Å²) >= 11 is 0. The predicted molar refractivity (Wildman–Crippen MR) is 73.4 cm³/mol. The van der Waals surface area contributed by atoms with Crippen molar-refractivity contribution >= 4 is 5.91 Å². The fraction of sp³-hybridized carbons (Fsp3) is 0.533. The van der Waals surface area contributed by atoms with E-state index in [-0.39, 0.29) is 5.91 Å². The van der Waals surface area contributed by atoms with Crippen LogP contribution in [0.25, 0.3) is 0 Å². The number of likely N-dealkylation sites (tertiary alicyclic amines) is 1. The van der Waals surface area contributed by atoms with Gasteiger partial charge in [-0.3, -0.25) is 4.79 Å². The molecule has 3 nitrogen and oxygen atoms in total. The summed E-state index contributed by atoms with van der Waals surface area (Å²) in [4.78, 5) is 13.3. The van der Waals surface area contributed by atoms with Crippen LogP contribution in [0.5, 0.6) is 0 Å². The van der Waals surface area contributed by atoms with Gasteiger partial charge < -0.3 is 10.2 Å². The van der Waals surface area contributed by atoms with Gasteiger partial charge in [0, 0.05) is 32.1 Å². The molecule has 1 aliphatic rings. The average molecular weight is 246 g/mol. The number of nitrogens with one attached hydrogen (secondary N) is 1. The second-order valence-corrected chi connectivity index (χ2v) is 5.25. The number of piperidine rings is 1. The molecule has 1 heterocycles. The molecule has 3 heteroatoms. The van der Waals surface area contributed by atoms with E-state index >= 15 is 0 Å². The van der Waals surface area contributed by atoms with Crippen LogP contribution in [-0.2, 0) is 4.79 Å². The second-order valence-electron chi connectivity index (χ2n) is 5.25. The van der Waals surface area contributed by atoms with Crippen LogP contribution < -0.4 is 5.32 Å². The number of benzene rings is 1. The first kappa shape index (κ1) is 13.1. The Morgan fingerprint density at radius 3 is 2.78 bits per heavy atom. The number of rotatable bonds is 3. The zero-order chi connectivity index (χ0) is 13.1. The molecule has 2 unspecified atom stereocenters. The Morgan fingerprint density at radius 2 is 2.11 bits per heavy atom. The summed E-state index contributed by atoms with van der Waals surface area (Å²) in [5.41, 5.74) is 2.66. The Labute approximate surface area is 109 Å². The van der Waals surface area contributed by atoms with E-state index in [9.17, 15) is 4.79 Å². The normalized spacial score (nSPS) is 22.1. The lowest BCUT2D eigenvalue weighted by atomic mass is 9.99. The maximum absolute atomic E-state index is 11.4. The molecule has 0 aliphatic carbocycles. The minimum atomic E-state index is 0.261. The molecule has 0 aromatic heterocycles. The van der Waals surface area contributed by atoms with Crippen molar-refractivity contribution in [1.82, 2.24) is 10.2 Å². The van der Waals surface area contributed by atoms with Crippen molar-refractivity contribution in [3.8, 4) is 0 Å². The Kier molecular flexibility index (Phi) is 4.02. The quantitative estimate of drug-likeness (QED) is 0.887. The van der Waals surface area contributed by atoms with Gasteiger partial charge in [-0.2, -0.15) is 0 Å². The summed E-state index contributed by atoms with van der Waals surface area (Å²) in [5.74, 6) is 0.261. The number of likely N-dealkylation sites (N-methyl/N-ethyl adjacent to an activating group) is 1. The minimum Gasteiger partial charge on any atom is -0.344 e. The molecule has 1 aromatic rings. The topological polar surface area (TPSA) is 32.3 Å². The Hall–Kier alpha value is -1.35. The Morgan fingerprint density at radius 1 is 1.39 bits per heavy atom. The molecule has 0 saturated carbocycles. The number of hydrogen-bond acceptors (Lipinski definition) is 2. The van der Waals surface area contributed by atoms with Crippen LogP contribution in [0.4, 0.5) is 0 Å². The fourth-order valence-corrected chi connectivity index (χ4v) is 2.66. The van der Waals surface area contributed by atoms with E-state index in [1.165, 1.54) is 11.1 Å². The number of amides is 1. The molecule has 1 fully saturated rings. The van der Waals surface area contributed by atoms with Crippen molar-refractivity contribution in [2.24, 2.45) is 0 Å². The lowest BCUT2D eigenvalue weighted by Crippen LogP contribution is -2.47. The van der Waals surface area contributed by atoms with E-state index < -0.39 is 0 Å². The molecule has 1 N–H and O–H groups in total. The molecule has 18 heavy (non-hydrogen) atoms. The molecule has 1 aromatic carbocycles. The van der Waals surface area contributed by atoms with Gasteiger partial charge in [0.05, 0.1) is 0 Å². The standard InChI is InChI=1S/C15H22N2O/c1-11-6-4-5-7-14(11)12(2)16-13-8-9-15(18)17(3)10-13/h4-7,12-13,16H,8-10H2,1-3H3. The van der Waals surface area contributed by atoms with Crippen LogP contribution in [0.2, 0.25) is 0 Å². The van der Waals surface area contributed by atoms with Crippen LogP contribution in [0.15, 0.2) is 24.3 Å². The van der Waals surface area contributed by atoms with Gasteiger partial charge >= 0.3 is 0 Å². The largest absolute Gasteiger partial charge is 0.344 e. The first-order valence-corrected chi connectivity index (χ1v) is 6.63. The third kappa shape index (κ3) is 2.91. The van der Waals surface area contributed by atoms with Gasteiger partial charge in [0.25, 0.3) is 0 Å². The van der Waals surface area contributed by atoms with Crippen molar-refractivity contribution in [3.63, 3.8) is 0 Å². The van der Waals surface area contributed by atoms with Gasteiger partial charge in [-0.05, 0) is 31.4 Å². The van der Waals surface area contributed by atoms with E-state index in [1.807, 2.05) is 11.9 Å². The first-order chi connectivity index (χ1) is 8.58. The monoisotopic (exact) mass is 246 g/mol. The van der Waals surface area contributed by atoms with Crippen molar-refractivity contribution in [2.45, 2.75) is 38.8 Å². The smallest absolute Gasteiger partial charge is 0.222 e. The number of aryl methyl sites for hydroxylation is 1. The molecule has 2 atom stereocenters. The lowest BCUT2D eigenvalue weighted by Gasteiger charge is -2.32. The zero-order valence-corrected chi connectivity index (χ0v) is 11.4. The van der Waals surface area contributed by atoms with Crippen LogP contribution in [0, 0.1) is 6.92 Å². The van der Waals surface area contributed by atoms with E-state index in [4.69, 9.17) is 0 Å². The summed E-state index contributed by atoms with van der Waals surface area (Å²) in [5, 5.41) is 3.63. The van der Waals surface area contributed by atoms with Gasteiger partial charge in [0.1, 0.15) is 0 Å². The number of carbonyl (C=O) groups is 1. The van der Waals surface area contributed by atoms with Gasteiger partial charge in [-0.15, -0.1) is 0 Å². The lowest BCUT2D eigenvalue weighted by molar-refractivity contribution is -0.132. The summed E-state index contributed by atoms with van der Waals surface area (Å²) < 4.78 is 0. The third-order valence-corrected chi connectivity index (χ3v) is 3.77. The molecular weight excluding hydrogens is 224 g/mol. The minimum absolute atomic E-state index is 0.261. The highest BCUT2D eigenvalue weighted by molar-refractivity contribution is 5.76. The fourth-order valence-electron chi connectivity index (χ4n) is 2.66. The van der Waals surface area contributed by atoms with Crippen molar-refractivity contribution in [2.75, 3.05) is 13.6 Å². The number of nitrogens with zero attached hydrogens (tertiary/aromatic N) is 1. The molecule has 1 saturated heterocycles. The van der Waals surface area contributed by atoms with Crippen molar-refractivity contribution < 1.29 is 4.79 Å². The van der Waals surface area contributed by atoms with Gasteiger partial charge in [-0.1, -0.05) is 24.3 Å². The number of carbonyl (C=O) groups excluding carboxylic acids is 1. The van der Waals surface area contributed by atoms with Crippen molar-refractivity contribution in [3.05, 3.63) is 35.4 Å². The Balaban J connectivity index is 1.98. The molecule has 1 amide bonds. The molecule has 2 rings (SSSR count). The highest BCUT2D eigenvalue weighted by atomic mass is 16.2. The average Bonchev–Trinajstić information content (AvgIpc) is 2.34. The third-order valence-electron chi connectivity index (χ3n) is 3.77. The van der Waals surface area contributed by atoms with Gasteiger partial charge in [0.2, 0.25) is 5.91 Å². The van der Waals surface area contributed by atoms with E-state index in [1.54, 1.807) is 0 Å². The number of hydrogen-bond donors (Lipinski definition) is 1. The highest BCUT2D eigenvalue weighted by Gasteiger charge is 2.24. The predicted octanol–water partition coefficient (Wildman–Crippen LogP) is 2.27. The van der Waals surface area contributed by atoms with Crippen molar-refractivity contribution in [1.29, 1.82) is 0 Å². The summed E-state index contributed by atoms with van der Waals surface area (Å²) in [6.07, 6.45) is 1.61. The molecular formula is C15H22N2O. The zero-order valence-electron chi connectivity index (χ0n) is 11.4. The molecule has 1 aliphatic heterocycles. The highest BCUT2D eigenvalue weighted by Crippen LogP contribution is 2.19. The van der Waals surface area contributed by atoms with E-state index in [2.05, 4.69) is 43.4 Å². The van der Waals surface area contributed by atoms with E-state index in [0.29, 0.717) is 18.5 Å². The maximum Gasteiger partial charge on any atom is 0.222 e. The molecule has 98 valence electrons. The van der Waals surface area contributed by atoms with Crippen LogP contribution in [-0.4, -0.2) is 30.4 Å². The SMILES string of the molecule is Cc1ccccc1C(C)NC1CCC(=O)N(C)C1. The van der Waals surface area contributed by atoms with Crippen LogP contribution in [0.1, 0.15) is 36.9 Å². The summed E-state index contributed by atoms with van der Waals surface area (Å²) in [6, 6.07) is 9.20. The van der Waals surface area contributed by atoms with Crippen LogP contribution in [0.3, 0.4) is 0 Å². The summed E-state index contributed by atoms with van der Waals surface area (Å²) in [6.45, 7) is 5.15. The summed E-state index contributed by atoms with van der Waals surface area (Å²) in [7, 11) is 1.88. The molecule has 0 bridgehead atoms. The van der Waals surface area contributed by atoms with E-state index in [0.717, 1.165) is 13.0 Å². The second kappa shape index (κ2) is 5.53. The first-order valence-electron chi connectivity index (χ1n) is 6.63.